The van der Waals surface area contributed by atoms with E-state index in [9.17, 15) is 10.2 Å². The van der Waals surface area contributed by atoms with Gasteiger partial charge in [0.1, 0.15) is 0 Å². The van der Waals surface area contributed by atoms with Crippen LogP contribution < -0.4 is 11.1 Å². The van der Waals surface area contributed by atoms with Crippen LogP contribution in [0.1, 0.15) is 18.2 Å². The number of aliphatic hydroxyl groups is 2. The van der Waals surface area contributed by atoms with E-state index in [-0.39, 0.29) is 13.2 Å². The van der Waals surface area contributed by atoms with E-state index in [2.05, 4.69) is 5.32 Å². The Bertz CT molecular complexity index is 289. The Labute approximate surface area is 93.7 Å². The van der Waals surface area contributed by atoms with Gasteiger partial charge in [-0.15, -0.1) is 11.3 Å². The predicted molar refractivity (Wildman–Crippen MR) is 62.8 cm³/mol. The van der Waals surface area contributed by atoms with E-state index in [0.717, 1.165) is 10.6 Å². The first-order chi connectivity index (χ1) is 7.17. The minimum absolute atomic E-state index is 0.0781. The van der Waals surface area contributed by atoms with Crippen molar-refractivity contribution in [1.82, 2.24) is 5.32 Å². The average molecular weight is 230 g/mol. The SMILES string of the molecule is CCC(CO)(CO)NCc1sccc1N. The fourth-order valence-corrected chi connectivity index (χ4v) is 2.01. The van der Waals surface area contributed by atoms with Crippen molar-refractivity contribution in [2.75, 3.05) is 18.9 Å². The number of thiophene rings is 1. The number of nitrogen functional groups attached to an aromatic ring is 1. The fraction of sp³-hybridized carbons (Fsp3) is 0.600. The van der Waals surface area contributed by atoms with E-state index >= 15 is 0 Å². The molecule has 0 saturated carbocycles. The molecule has 0 saturated heterocycles. The molecule has 0 aliphatic rings. The molecule has 4 nitrogen and oxygen atoms in total. The Morgan fingerprint density at radius 3 is 2.53 bits per heavy atom. The van der Waals surface area contributed by atoms with Crippen molar-refractivity contribution < 1.29 is 10.2 Å². The third-order valence-electron chi connectivity index (χ3n) is 2.69. The number of nitrogens with two attached hydrogens (primary N) is 1. The van der Waals surface area contributed by atoms with Gasteiger partial charge in [-0.05, 0) is 17.9 Å². The Morgan fingerprint density at radius 1 is 1.47 bits per heavy atom. The molecule has 0 aromatic carbocycles. The third-order valence-corrected chi connectivity index (χ3v) is 3.62. The highest BCUT2D eigenvalue weighted by Crippen LogP contribution is 2.20. The standard InChI is InChI=1S/C10H18N2O2S/c1-2-10(6-13,7-14)12-5-9-8(11)3-4-15-9/h3-4,12-14H,2,5-7,11H2,1H3. The lowest BCUT2D eigenvalue weighted by atomic mass is 9.98. The van der Waals surface area contributed by atoms with Gasteiger partial charge in [-0.3, -0.25) is 0 Å². The third kappa shape index (κ3) is 2.92. The van der Waals surface area contributed by atoms with Crippen molar-refractivity contribution in [2.45, 2.75) is 25.4 Å². The topological polar surface area (TPSA) is 78.5 Å². The molecule has 0 atom stereocenters. The van der Waals surface area contributed by atoms with E-state index in [1.54, 1.807) is 11.3 Å². The second kappa shape index (κ2) is 5.46. The van der Waals surface area contributed by atoms with Crippen molar-refractivity contribution >= 4 is 17.0 Å². The van der Waals surface area contributed by atoms with Gasteiger partial charge >= 0.3 is 0 Å². The number of rotatable bonds is 6. The maximum Gasteiger partial charge on any atom is 0.0648 e. The summed E-state index contributed by atoms with van der Waals surface area (Å²) in [6.45, 7) is 2.35. The smallest absolute Gasteiger partial charge is 0.0648 e. The maximum atomic E-state index is 9.22. The molecule has 0 aliphatic heterocycles. The second-order valence-corrected chi connectivity index (χ2v) is 4.60. The Balaban J connectivity index is 2.58. The molecule has 5 N–H and O–H groups in total. The second-order valence-electron chi connectivity index (χ2n) is 3.60. The van der Waals surface area contributed by atoms with Crippen LogP contribution in [0.5, 0.6) is 0 Å². The van der Waals surface area contributed by atoms with Gasteiger partial charge in [0.2, 0.25) is 0 Å². The number of aliphatic hydroxyl groups excluding tert-OH is 2. The summed E-state index contributed by atoms with van der Waals surface area (Å²) < 4.78 is 0. The number of anilines is 1. The summed E-state index contributed by atoms with van der Waals surface area (Å²) in [6.07, 6.45) is 0.672. The van der Waals surface area contributed by atoms with Crippen LogP contribution in [0.3, 0.4) is 0 Å². The van der Waals surface area contributed by atoms with Crippen LogP contribution in [0, 0.1) is 0 Å². The van der Waals surface area contributed by atoms with Gasteiger partial charge in [0.25, 0.3) is 0 Å². The Kier molecular flexibility index (Phi) is 4.53. The molecule has 86 valence electrons. The van der Waals surface area contributed by atoms with Crippen LogP contribution in [0.2, 0.25) is 0 Å². The summed E-state index contributed by atoms with van der Waals surface area (Å²) in [5.41, 5.74) is 5.90. The normalized spacial score (nSPS) is 11.9. The Morgan fingerprint density at radius 2 is 2.13 bits per heavy atom. The first-order valence-electron chi connectivity index (χ1n) is 4.96. The minimum Gasteiger partial charge on any atom is -0.398 e. The summed E-state index contributed by atoms with van der Waals surface area (Å²) in [5, 5.41) is 23.5. The molecular weight excluding hydrogens is 212 g/mol. The molecule has 1 aromatic heterocycles. The molecule has 1 rings (SSSR count). The largest absolute Gasteiger partial charge is 0.398 e. The molecular formula is C10H18N2O2S. The molecule has 0 radical (unpaired) electrons. The molecule has 0 fully saturated rings. The predicted octanol–water partition coefficient (Wildman–Crippen LogP) is 0.553. The first-order valence-corrected chi connectivity index (χ1v) is 5.84. The molecule has 0 amide bonds. The van der Waals surface area contributed by atoms with Gasteiger partial charge in [-0.2, -0.15) is 0 Å². The van der Waals surface area contributed by atoms with Crippen LogP contribution in [0.25, 0.3) is 0 Å². The first kappa shape index (κ1) is 12.4. The van der Waals surface area contributed by atoms with Crippen LogP contribution >= 0.6 is 11.3 Å². The molecule has 0 bridgehead atoms. The van der Waals surface area contributed by atoms with Crippen molar-refractivity contribution in [3.05, 3.63) is 16.3 Å². The van der Waals surface area contributed by atoms with Gasteiger partial charge in [-0.25, -0.2) is 0 Å². The zero-order valence-corrected chi connectivity index (χ0v) is 9.68. The average Bonchev–Trinajstić information content (AvgIpc) is 2.67. The molecule has 0 spiro atoms. The van der Waals surface area contributed by atoms with Crippen LogP contribution in [0.15, 0.2) is 11.4 Å². The number of nitrogens with one attached hydrogen (secondary N) is 1. The lowest BCUT2D eigenvalue weighted by molar-refractivity contribution is 0.0867. The zero-order valence-electron chi connectivity index (χ0n) is 8.86. The van der Waals surface area contributed by atoms with Crippen molar-refractivity contribution in [1.29, 1.82) is 0 Å². The summed E-state index contributed by atoms with van der Waals surface area (Å²) in [4.78, 5) is 1.04. The van der Waals surface area contributed by atoms with Crippen molar-refractivity contribution in [3.63, 3.8) is 0 Å². The van der Waals surface area contributed by atoms with Gasteiger partial charge < -0.3 is 21.3 Å². The van der Waals surface area contributed by atoms with E-state index in [1.807, 2.05) is 18.4 Å². The number of hydrogen-bond acceptors (Lipinski definition) is 5. The van der Waals surface area contributed by atoms with E-state index < -0.39 is 5.54 Å². The van der Waals surface area contributed by atoms with Crippen LogP contribution in [-0.4, -0.2) is 29.0 Å². The molecule has 15 heavy (non-hydrogen) atoms. The highest BCUT2D eigenvalue weighted by atomic mass is 32.1. The molecule has 5 heteroatoms. The van der Waals surface area contributed by atoms with E-state index in [0.29, 0.717) is 13.0 Å². The molecule has 0 unspecified atom stereocenters. The zero-order chi connectivity index (χ0) is 11.3. The van der Waals surface area contributed by atoms with E-state index in [4.69, 9.17) is 5.73 Å². The highest BCUT2D eigenvalue weighted by molar-refractivity contribution is 7.10. The molecule has 1 aromatic rings. The minimum atomic E-state index is -0.601. The van der Waals surface area contributed by atoms with Gasteiger partial charge in [0.15, 0.2) is 0 Å². The van der Waals surface area contributed by atoms with Gasteiger partial charge in [0, 0.05) is 17.1 Å². The lowest BCUT2D eigenvalue weighted by Crippen LogP contribution is -2.50. The van der Waals surface area contributed by atoms with Crippen molar-refractivity contribution in [3.8, 4) is 0 Å². The summed E-state index contributed by atoms with van der Waals surface area (Å²) in [5.74, 6) is 0. The lowest BCUT2D eigenvalue weighted by Gasteiger charge is -2.29. The highest BCUT2D eigenvalue weighted by Gasteiger charge is 2.25. The summed E-state index contributed by atoms with van der Waals surface area (Å²) in [6, 6.07) is 1.85. The summed E-state index contributed by atoms with van der Waals surface area (Å²) in [7, 11) is 0. The van der Waals surface area contributed by atoms with E-state index in [1.165, 1.54) is 0 Å². The fourth-order valence-electron chi connectivity index (χ4n) is 1.27. The van der Waals surface area contributed by atoms with Crippen molar-refractivity contribution in [2.24, 2.45) is 0 Å². The maximum absolute atomic E-state index is 9.22. The van der Waals surface area contributed by atoms with Gasteiger partial charge in [0.05, 0.1) is 18.8 Å². The van der Waals surface area contributed by atoms with Crippen LogP contribution in [0.4, 0.5) is 5.69 Å². The molecule has 0 aliphatic carbocycles. The quantitative estimate of drug-likeness (QED) is 0.575. The number of hydrogen-bond donors (Lipinski definition) is 4. The van der Waals surface area contributed by atoms with Crippen LogP contribution in [-0.2, 0) is 6.54 Å². The monoisotopic (exact) mass is 230 g/mol. The van der Waals surface area contributed by atoms with Gasteiger partial charge in [-0.1, -0.05) is 6.92 Å². The molecule has 1 heterocycles. The summed E-state index contributed by atoms with van der Waals surface area (Å²) >= 11 is 1.57. The Hall–Kier alpha value is -0.620.